The molecule has 0 bridgehead atoms. The van der Waals surface area contributed by atoms with Crippen LogP contribution in [0, 0.1) is 0 Å². The van der Waals surface area contributed by atoms with E-state index in [2.05, 4.69) is 34.4 Å². The number of carbonyl (C=O) groups is 1. The van der Waals surface area contributed by atoms with Crippen LogP contribution < -0.4 is 5.32 Å². The van der Waals surface area contributed by atoms with Gasteiger partial charge in [0.25, 0.3) is 0 Å². The van der Waals surface area contributed by atoms with E-state index in [0.29, 0.717) is 12.1 Å². The average Bonchev–Trinajstić information content (AvgIpc) is 2.75. The van der Waals surface area contributed by atoms with E-state index < -0.39 is 0 Å². The van der Waals surface area contributed by atoms with Gasteiger partial charge in [-0.25, -0.2) is 4.98 Å². The minimum atomic E-state index is -0.0980. The fourth-order valence-corrected chi connectivity index (χ4v) is 2.11. The number of hydrogen-bond acceptors (Lipinski definition) is 2. The molecular weight excluding hydrogens is 238 g/mol. The van der Waals surface area contributed by atoms with Gasteiger partial charge in [0, 0.05) is 25.1 Å². The zero-order valence-electron chi connectivity index (χ0n) is 11.4. The highest BCUT2D eigenvalue weighted by atomic mass is 16.1. The van der Waals surface area contributed by atoms with Crippen molar-refractivity contribution in [3.8, 4) is 0 Å². The largest absolute Gasteiger partial charge is 0.352 e. The van der Waals surface area contributed by atoms with Gasteiger partial charge in [0.1, 0.15) is 5.82 Å². The number of para-hydroxylation sites is 2. The number of fused-ring (bicyclic) bond motifs is 1. The standard InChI is InChI=1S/C15H19N3O/c1-4-18-13-8-6-5-7-12(13)17-14(18)9-10-16-15(19)11(2)3/h5-8H,2,4,9-10H2,1,3H3,(H,16,19). The Hall–Kier alpha value is -2.10. The number of carbonyl (C=O) groups excluding carboxylic acids is 1. The second-order valence-electron chi connectivity index (χ2n) is 4.55. The van der Waals surface area contributed by atoms with Crippen LogP contribution in [0.3, 0.4) is 0 Å². The van der Waals surface area contributed by atoms with Crippen molar-refractivity contribution in [2.75, 3.05) is 6.54 Å². The Labute approximate surface area is 113 Å². The van der Waals surface area contributed by atoms with Crippen molar-refractivity contribution in [1.82, 2.24) is 14.9 Å². The second-order valence-corrected chi connectivity index (χ2v) is 4.55. The van der Waals surface area contributed by atoms with Crippen molar-refractivity contribution < 1.29 is 4.79 Å². The summed E-state index contributed by atoms with van der Waals surface area (Å²) in [6, 6.07) is 8.09. The number of nitrogens with one attached hydrogen (secondary N) is 1. The fourth-order valence-electron chi connectivity index (χ4n) is 2.11. The Kier molecular flexibility index (Phi) is 4.00. The van der Waals surface area contributed by atoms with Crippen LogP contribution in [0.25, 0.3) is 11.0 Å². The predicted molar refractivity (Wildman–Crippen MR) is 76.9 cm³/mol. The van der Waals surface area contributed by atoms with E-state index in [0.717, 1.165) is 29.8 Å². The molecule has 2 rings (SSSR count). The molecule has 19 heavy (non-hydrogen) atoms. The normalized spacial score (nSPS) is 10.6. The molecule has 0 spiro atoms. The van der Waals surface area contributed by atoms with Crippen LogP contribution in [-0.2, 0) is 17.8 Å². The highest BCUT2D eigenvalue weighted by Gasteiger charge is 2.09. The lowest BCUT2D eigenvalue weighted by atomic mass is 10.3. The minimum absolute atomic E-state index is 0.0980. The minimum Gasteiger partial charge on any atom is -0.352 e. The number of aromatic nitrogens is 2. The summed E-state index contributed by atoms with van der Waals surface area (Å²) in [5, 5.41) is 2.83. The molecule has 0 unspecified atom stereocenters. The van der Waals surface area contributed by atoms with Gasteiger partial charge >= 0.3 is 0 Å². The van der Waals surface area contributed by atoms with Crippen molar-refractivity contribution in [3.63, 3.8) is 0 Å². The summed E-state index contributed by atoms with van der Waals surface area (Å²) in [5.41, 5.74) is 2.68. The maximum Gasteiger partial charge on any atom is 0.246 e. The van der Waals surface area contributed by atoms with Gasteiger partial charge in [-0.15, -0.1) is 0 Å². The van der Waals surface area contributed by atoms with E-state index in [9.17, 15) is 4.79 Å². The lowest BCUT2D eigenvalue weighted by Crippen LogP contribution is -2.26. The first-order valence-corrected chi connectivity index (χ1v) is 6.51. The molecule has 0 aliphatic rings. The van der Waals surface area contributed by atoms with Gasteiger partial charge in [0.05, 0.1) is 11.0 Å². The molecule has 1 amide bonds. The second kappa shape index (κ2) is 5.69. The molecule has 0 aliphatic carbocycles. The summed E-state index contributed by atoms with van der Waals surface area (Å²) < 4.78 is 2.18. The molecule has 0 saturated heterocycles. The molecule has 1 N–H and O–H groups in total. The monoisotopic (exact) mass is 257 g/mol. The Morgan fingerprint density at radius 1 is 1.42 bits per heavy atom. The molecule has 4 heteroatoms. The first kappa shape index (κ1) is 13.3. The third-order valence-electron chi connectivity index (χ3n) is 3.07. The zero-order valence-corrected chi connectivity index (χ0v) is 11.4. The molecule has 0 atom stereocenters. The average molecular weight is 257 g/mol. The van der Waals surface area contributed by atoms with Crippen LogP contribution in [0.15, 0.2) is 36.4 Å². The summed E-state index contributed by atoms with van der Waals surface area (Å²) in [7, 11) is 0. The molecule has 0 saturated carbocycles. The smallest absolute Gasteiger partial charge is 0.246 e. The third-order valence-corrected chi connectivity index (χ3v) is 3.07. The lowest BCUT2D eigenvalue weighted by Gasteiger charge is -2.07. The summed E-state index contributed by atoms with van der Waals surface area (Å²) in [6.07, 6.45) is 0.724. The molecule has 0 fully saturated rings. The first-order chi connectivity index (χ1) is 9.13. The van der Waals surface area contributed by atoms with E-state index in [1.54, 1.807) is 6.92 Å². The Bertz CT molecular complexity index is 613. The van der Waals surface area contributed by atoms with Gasteiger partial charge in [-0.3, -0.25) is 4.79 Å². The molecule has 4 nitrogen and oxygen atoms in total. The molecule has 1 aromatic carbocycles. The van der Waals surface area contributed by atoms with Crippen molar-refractivity contribution in [3.05, 3.63) is 42.2 Å². The Balaban J connectivity index is 2.12. The number of amides is 1. The number of nitrogens with zero attached hydrogens (tertiary/aromatic N) is 2. The Morgan fingerprint density at radius 3 is 2.84 bits per heavy atom. The van der Waals surface area contributed by atoms with Gasteiger partial charge in [0.15, 0.2) is 0 Å². The highest BCUT2D eigenvalue weighted by Crippen LogP contribution is 2.15. The van der Waals surface area contributed by atoms with E-state index in [1.165, 1.54) is 0 Å². The van der Waals surface area contributed by atoms with Crippen LogP contribution in [0.2, 0.25) is 0 Å². The van der Waals surface area contributed by atoms with E-state index in [4.69, 9.17) is 0 Å². The van der Waals surface area contributed by atoms with E-state index >= 15 is 0 Å². The molecule has 0 aliphatic heterocycles. The zero-order chi connectivity index (χ0) is 13.8. The van der Waals surface area contributed by atoms with Crippen molar-refractivity contribution in [2.24, 2.45) is 0 Å². The number of imidazole rings is 1. The van der Waals surface area contributed by atoms with Crippen LogP contribution in [-0.4, -0.2) is 22.0 Å². The summed E-state index contributed by atoms with van der Waals surface area (Å²) >= 11 is 0. The van der Waals surface area contributed by atoms with Crippen LogP contribution >= 0.6 is 0 Å². The predicted octanol–water partition coefficient (Wildman–Crippen LogP) is 2.29. The highest BCUT2D eigenvalue weighted by molar-refractivity contribution is 5.92. The third kappa shape index (κ3) is 2.84. The maximum absolute atomic E-state index is 11.4. The summed E-state index contributed by atoms with van der Waals surface area (Å²) in [6.45, 7) is 8.88. The molecular formula is C15H19N3O. The van der Waals surface area contributed by atoms with Crippen LogP contribution in [0.5, 0.6) is 0 Å². The van der Waals surface area contributed by atoms with Crippen molar-refractivity contribution >= 4 is 16.9 Å². The number of aryl methyl sites for hydroxylation is 1. The van der Waals surface area contributed by atoms with Crippen LogP contribution in [0.1, 0.15) is 19.7 Å². The summed E-state index contributed by atoms with van der Waals surface area (Å²) in [5.74, 6) is 0.907. The van der Waals surface area contributed by atoms with E-state index in [1.807, 2.05) is 18.2 Å². The fraction of sp³-hybridized carbons (Fsp3) is 0.333. The van der Waals surface area contributed by atoms with E-state index in [-0.39, 0.29) is 5.91 Å². The van der Waals surface area contributed by atoms with Gasteiger partial charge in [-0.1, -0.05) is 18.7 Å². The van der Waals surface area contributed by atoms with Crippen molar-refractivity contribution in [2.45, 2.75) is 26.8 Å². The van der Waals surface area contributed by atoms with Gasteiger partial charge in [-0.05, 0) is 26.0 Å². The topological polar surface area (TPSA) is 46.9 Å². The number of rotatable bonds is 5. The maximum atomic E-state index is 11.4. The SMILES string of the molecule is C=C(C)C(=O)NCCc1nc2ccccc2n1CC. The molecule has 1 aromatic heterocycles. The number of hydrogen-bond donors (Lipinski definition) is 1. The summed E-state index contributed by atoms with van der Waals surface area (Å²) in [4.78, 5) is 16.0. The molecule has 0 radical (unpaired) electrons. The van der Waals surface area contributed by atoms with Gasteiger partial charge in [0.2, 0.25) is 5.91 Å². The number of benzene rings is 1. The van der Waals surface area contributed by atoms with Gasteiger partial charge in [-0.2, -0.15) is 0 Å². The van der Waals surface area contributed by atoms with Gasteiger partial charge < -0.3 is 9.88 Å². The van der Waals surface area contributed by atoms with Crippen molar-refractivity contribution in [1.29, 1.82) is 0 Å². The quantitative estimate of drug-likeness (QED) is 0.835. The first-order valence-electron chi connectivity index (χ1n) is 6.51. The lowest BCUT2D eigenvalue weighted by molar-refractivity contribution is -0.117. The molecule has 100 valence electrons. The Morgan fingerprint density at radius 2 is 2.16 bits per heavy atom. The molecule has 1 heterocycles. The van der Waals surface area contributed by atoms with Crippen LogP contribution in [0.4, 0.5) is 0 Å². The molecule has 2 aromatic rings.